The van der Waals surface area contributed by atoms with Gasteiger partial charge in [-0.3, -0.25) is 0 Å². The third-order valence-electron chi connectivity index (χ3n) is 10.5. The number of fused-ring (bicyclic) bond motifs is 5. The van der Waals surface area contributed by atoms with Crippen molar-refractivity contribution >= 4 is 9.04 Å². The zero-order valence-electron chi connectivity index (χ0n) is 22.1. The molecule has 4 heteroatoms. The number of hydrogen-bond donors (Lipinski definition) is 2. The average molecular weight is 463 g/mol. The van der Waals surface area contributed by atoms with E-state index in [2.05, 4.69) is 60.7 Å². The predicted octanol–water partition coefficient (Wildman–Crippen LogP) is 6.09. The van der Waals surface area contributed by atoms with Crippen LogP contribution < -0.4 is 0 Å². The van der Waals surface area contributed by atoms with Crippen molar-refractivity contribution in [3.8, 4) is 0 Å². The van der Waals surface area contributed by atoms with Gasteiger partial charge in [-0.1, -0.05) is 46.3 Å². The molecule has 4 rings (SSSR count). The maximum Gasteiger partial charge on any atom is 0.171 e. The van der Waals surface area contributed by atoms with Gasteiger partial charge in [0.05, 0.1) is 11.7 Å². The third kappa shape index (κ3) is 4.10. The SMILES string of the molecule is C[SiH](C)OC(C[C@H]1CC[C@H]2[C@H]3[C@H](CC[C@]12C)[C@@]1(C)CCC(O)CC1=CC3(C)O)C(C)(C)C. The van der Waals surface area contributed by atoms with Crippen LogP contribution in [0.5, 0.6) is 0 Å². The van der Waals surface area contributed by atoms with Crippen LogP contribution in [0.1, 0.15) is 92.9 Å². The predicted molar refractivity (Wildman–Crippen MR) is 135 cm³/mol. The van der Waals surface area contributed by atoms with E-state index in [4.69, 9.17) is 4.43 Å². The van der Waals surface area contributed by atoms with Gasteiger partial charge in [0.1, 0.15) is 0 Å². The first-order chi connectivity index (χ1) is 14.7. The summed E-state index contributed by atoms with van der Waals surface area (Å²) in [7, 11) is -1.10. The number of rotatable bonds is 4. The molecule has 0 spiro atoms. The zero-order valence-corrected chi connectivity index (χ0v) is 23.2. The smallest absolute Gasteiger partial charge is 0.171 e. The van der Waals surface area contributed by atoms with Crippen LogP contribution in [0.3, 0.4) is 0 Å². The van der Waals surface area contributed by atoms with Crippen molar-refractivity contribution in [1.82, 2.24) is 0 Å². The summed E-state index contributed by atoms with van der Waals surface area (Å²) in [4.78, 5) is 0. The van der Waals surface area contributed by atoms with Gasteiger partial charge in [0, 0.05) is 6.10 Å². The van der Waals surface area contributed by atoms with Gasteiger partial charge in [0.25, 0.3) is 0 Å². The van der Waals surface area contributed by atoms with Crippen LogP contribution in [0.4, 0.5) is 0 Å². The van der Waals surface area contributed by atoms with Gasteiger partial charge in [-0.2, -0.15) is 0 Å². The minimum Gasteiger partial charge on any atom is -0.417 e. The van der Waals surface area contributed by atoms with E-state index in [1.54, 1.807) is 0 Å². The fraction of sp³-hybridized carbons (Fsp3) is 0.929. The van der Waals surface area contributed by atoms with Gasteiger partial charge in [-0.15, -0.1) is 0 Å². The first-order valence-corrected chi connectivity index (χ1v) is 16.2. The molecule has 4 aliphatic carbocycles. The summed E-state index contributed by atoms with van der Waals surface area (Å²) in [6.45, 7) is 18.7. The second kappa shape index (κ2) is 8.21. The van der Waals surface area contributed by atoms with E-state index in [0.717, 1.165) is 19.3 Å². The zero-order chi connectivity index (χ0) is 23.7. The van der Waals surface area contributed by atoms with Crippen molar-refractivity contribution in [1.29, 1.82) is 0 Å². The summed E-state index contributed by atoms with van der Waals surface area (Å²) < 4.78 is 6.60. The number of hydrogen-bond acceptors (Lipinski definition) is 3. The molecule has 32 heavy (non-hydrogen) atoms. The lowest BCUT2D eigenvalue weighted by molar-refractivity contribution is -0.133. The maximum absolute atomic E-state index is 11.8. The van der Waals surface area contributed by atoms with Gasteiger partial charge in [-0.05, 0) is 111 Å². The largest absolute Gasteiger partial charge is 0.417 e. The highest BCUT2D eigenvalue weighted by atomic mass is 28.3. The Bertz CT molecular complexity index is 737. The van der Waals surface area contributed by atoms with Crippen molar-refractivity contribution in [2.24, 2.45) is 39.9 Å². The van der Waals surface area contributed by atoms with Crippen molar-refractivity contribution in [2.75, 3.05) is 0 Å². The monoisotopic (exact) mass is 462 g/mol. The summed E-state index contributed by atoms with van der Waals surface area (Å²) in [5.41, 5.74) is 1.21. The molecule has 4 aliphatic rings. The second-order valence-corrected chi connectivity index (χ2v) is 16.4. The van der Waals surface area contributed by atoms with Gasteiger partial charge in [0.15, 0.2) is 9.04 Å². The highest BCUT2D eigenvalue weighted by molar-refractivity contribution is 6.48. The summed E-state index contributed by atoms with van der Waals surface area (Å²) in [6.07, 6.45) is 11.2. The molecule has 3 unspecified atom stereocenters. The van der Waals surface area contributed by atoms with Crippen LogP contribution >= 0.6 is 0 Å². The van der Waals surface area contributed by atoms with E-state index in [9.17, 15) is 10.2 Å². The quantitative estimate of drug-likeness (QED) is 0.392. The molecule has 0 aromatic rings. The summed E-state index contributed by atoms with van der Waals surface area (Å²) in [6, 6.07) is 0. The molecule has 3 nitrogen and oxygen atoms in total. The molecule has 0 amide bonds. The van der Waals surface area contributed by atoms with Crippen LogP contribution in [0.15, 0.2) is 11.6 Å². The summed E-state index contributed by atoms with van der Waals surface area (Å²) in [5, 5.41) is 22.1. The Morgan fingerprint density at radius 1 is 1.06 bits per heavy atom. The van der Waals surface area contributed by atoms with Gasteiger partial charge >= 0.3 is 0 Å². The lowest BCUT2D eigenvalue weighted by atomic mass is 9.44. The Morgan fingerprint density at radius 3 is 2.38 bits per heavy atom. The van der Waals surface area contributed by atoms with Crippen molar-refractivity contribution in [2.45, 2.75) is 124 Å². The molecule has 0 aromatic carbocycles. The summed E-state index contributed by atoms with van der Waals surface area (Å²) >= 11 is 0. The Hall–Kier alpha value is -0.163. The van der Waals surface area contributed by atoms with Crippen LogP contribution in [0.25, 0.3) is 0 Å². The van der Waals surface area contributed by atoms with Crippen LogP contribution in [-0.2, 0) is 4.43 Å². The van der Waals surface area contributed by atoms with Crippen molar-refractivity contribution < 1.29 is 14.6 Å². The molecule has 184 valence electrons. The van der Waals surface area contributed by atoms with E-state index in [-0.39, 0.29) is 16.9 Å². The average Bonchev–Trinajstić information content (AvgIpc) is 2.98. The molecule has 0 radical (unpaired) electrons. The molecule has 0 heterocycles. The molecule has 0 bridgehead atoms. The van der Waals surface area contributed by atoms with Crippen LogP contribution in [0.2, 0.25) is 13.1 Å². The van der Waals surface area contributed by atoms with Gasteiger partial charge in [-0.25, -0.2) is 0 Å². The van der Waals surface area contributed by atoms with Crippen molar-refractivity contribution in [3.63, 3.8) is 0 Å². The van der Waals surface area contributed by atoms with E-state index >= 15 is 0 Å². The Kier molecular flexibility index (Phi) is 6.40. The van der Waals surface area contributed by atoms with Gasteiger partial charge < -0.3 is 14.6 Å². The van der Waals surface area contributed by atoms with Gasteiger partial charge in [0.2, 0.25) is 0 Å². The van der Waals surface area contributed by atoms with Crippen molar-refractivity contribution in [3.05, 3.63) is 11.6 Å². The maximum atomic E-state index is 11.8. The first-order valence-electron chi connectivity index (χ1n) is 13.5. The topological polar surface area (TPSA) is 49.7 Å². The Labute approximate surface area is 199 Å². The Morgan fingerprint density at radius 2 is 1.75 bits per heavy atom. The molecular weight excluding hydrogens is 412 g/mol. The number of aliphatic hydroxyl groups excluding tert-OH is 1. The second-order valence-electron chi connectivity index (χ2n) is 14.0. The molecular formula is C28H50O3Si. The van der Waals surface area contributed by atoms with E-state index in [0.29, 0.717) is 35.2 Å². The molecule has 3 fully saturated rings. The summed E-state index contributed by atoms with van der Waals surface area (Å²) in [5.74, 6) is 2.15. The lowest BCUT2D eigenvalue weighted by Crippen LogP contribution is -2.58. The lowest BCUT2D eigenvalue weighted by Gasteiger charge is -2.61. The first kappa shape index (κ1) is 24.9. The Balaban J connectivity index is 1.63. The molecule has 0 aliphatic heterocycles. The fourth-order valence-electron chi connectivity index (χ4n) is 8.68. The molecule has 0 aromatic heterocycles. The molecule has 3 saturated carbocycles. The minimum absolute atomic E-state index is 0.159. The highest BCUT2D eigenvalue weighted by Crippen LogP contribution is 2.68. The third-order valence-corrected chi connectivity index (χ3v) is 11.4. The van der Waals surface area contributed by atoms with E-state index < -0.39 is 14.6 Å². The van der Waals surface area contributed by atoms with Crippen LogP contribution in [0, 0.1) is 39.9 Å². The van der Waals surface area contributed by atoms with Crippen LogP contribution in [-0.4, -0.2) is 37.1 Å². The molecule has 9 atom stereocenters. The molecule has 0 saturated heterocycles. The van der Waals surface area contributed by atoms with E-state index in [1.165, 1.54) is 37.7 Å². The standard InChI is InChI=1S/C28H50O3Si/c1-25(2,3)23(31-32(7)8)16-18-9-10-21-24-22(12-14-26(18,21)4)27(5)13-11-20(29)15-19(27)17-28(24,6)30/h17-18,20-24,29-30,32H,9-16H2,1-8H3/t18-,20?,21+,22+,23?,24+,26-,27+,28?/m1/s1. The van der Waals surface area contributed by atoms with E-state index in [1.807, 2.05) is 0 Å². The highest BCUT2D eigenvalue weighted by Gasteiger charge is 2.63. The minimum atomic E-state index is -1.10. The normalized spacial score (nSPS) is 47.5. The number of aliphatic hydroxyl groups is 2. The molecule has 2 N–H and O–H groups in total. The fourth-order valence-corrected chi connectivity index (χ4v) is 9.85.